The molecular formula is C14H17BrN2O3. The predicted molar refractivity (Wildman–Crippen MR) is 79.7 cm³/mol. The van der Waals surface area contributed by atoms with E-state index >= 15 is 0 Å². The third kappa shape index (κ3) is 3.36. The zero-order chi connectivity index (χ0) is 14.9. The molecule has 0 bridgehead atoms. The second-order valence-corrected chi connectivity index (χ2v) is 6.27. The highest BCUT2D eigenvalue weighted by Gasteiger charge is 2.30. The second kappa shape index (κ2) is 5.91. The summed E-state index contributed by atoms with van der Waals surface area (Å²) in [5.74, 6) is 0.432. The standard InChI is InChI=1S/C14H17BrN2O3/c1-9(2)16(8-10-3-4-10)14(18)12-7-11(17(19)20)5-6-13(12)15/h5-7,9-10H,3-4,8H2,1-2H3. The highest BCUT2D eigenvalue weighted by atomic mass is 79.9. The third-order valence-corrected chi connectivity index (χ3v) is 4.12. The molecule has 0 N–H and O–H groups in total. The van der Waals surface area contributed by atoms with Crippen molar-refractivity contribution in [2.75, 3.05) is 6.54 Å². The van der Waals surface area contributed by atoms with Crippen LogP contribution in [0.4, 0.5) is 5.69 Å². The van der Waals surface area contributed by atoms with E-state index in [1.54, 1.807) is 11.0 Å². The number of nitro groups is 1. The van der Waals surface area contributed by atoms with Gasteiger partial charge in [0.25, 0.3) is 11.6 Å². The summed E-state index contributed by atoms with van der Waals surface area (Å²) in [5, 5.41) is 10.8. The van der Waals surface area contributed by atoms with E-state index < -0.39 is 4.92 Å². The molecule has 0 heterocycles. The van der Waals surface area contributed by atoms with Gasteiger partial charge >= 0.3 is 0 Å². The van der Waals surface area contributed by atoms with Crippen LogP contribution in [0, 0.1) is 16.0 Å². The van der Waals surface area contributed by atoms with Crippen LogP contribution < -0.4 is 0 Å². The molecule has 108 valence electrons. The summed E-state index contributed by atoms with van der Waals surface area (Å²) in [6, 6.07) is 4.37. The Labute approximate surface area is 126 Å². The molecule has 1 aromatic carbocycles. The quantitative estimate of drug-likeness (QED) is 0.607. The van der Waals surface area contributed by atoms with Crippen molar-refractivity contribution in [2.45, 2.75) is 32.7 Å². The van der Waals surface area contributed by atoms with E-state index in [1.807, 2.05) is 13.8 Å². The summed E-state index contributed by atoms with van der Waals surface area (Å²) in [5.41, 5.74) is 0.292. The van der Waals surface area contributed by atoms with Crippen LogP contribution in [-0.4, -0.2) is 28.3 Å². The van der Waals surface area contributed by atoms with E-state index in [2.05, 4.69) is 15.9 Å². The Morgan fingerprint density at radius 2 is 2.15 bits per heavy atom. The fourth-order valence-corrected chi connectivity index (χ4v) is 2.47. The SMILES string of the molecule is CC(C)N(CC1CC1)C(=O)c1cc([N+](=O)[O-])ccc1Br. The van der Waals surface area contributed by atoms with Crippen molar-refractivity contribution < 1.29 is 9.72 Å². The molecule has 1 aliphatic rings. The fourth-order valence-electron chi connectivity index (χ4n) is 2.05. The molecule has 1 fully saturated rings. The summed E-state index contributed by atoms with van der Waals surface area (Å²) in [7, 11) is 0. The first-order valence-corrected chi connectivity index (χ1v) is 7.44. The molecule has 1 aromatic rings. The van der Waals surface area contributed by atoms with Crippen LogP contribution in [0.5, 0.6) is 0 Å². The topological polar surface area (TPSA) is 63.5 Å². The lowest BCUT2D eigenvalue weighted by molar-refractivity contribution is -0.384. The zero-order valence-corrected chi connectivity index (χ0v) is 13.1. The molecule has 2 rings (SSSR count). The molecule has 0 atom stereocenters. The molecule has 1 aliphatic carbocycles. The van der Waals surface area contributed by atoms with Gasteiger partial charge in [-0.2, -0.15) is 0 Å². The van der Waals surface area contributed by atoms with Crippen molar-refractivity contribution in [1.82, 2.24) is 4.90 Å². The van der Waals surface area contributed by atoms with Crippen molar-refractivity contribution >= 4 is 27.5 Å². The lowest BCUT2D eigenvalue weighted by atomic mass is 10.1. The molecule has 20 heavy (non-hydrogen) atoms. The van der Waals surface area contributed by atoms with Gasteiger partial charge in [0.1, 0.15) is 0 Å². The Hall–Kier alpha value is -1.43. The Balaban J connectivity index is 2.29. The molecule has 0 radical (unpaired) electrons. The van der Waals surface area contributed by atoms with E-state index in [1.165, 1.54) is 12.1 Å². The van der Waals surface area contributed by atoms with Crippen LogP contribution in [0.1, 0.15) is 37.0 Å². The second-order valence-electron chi connectivity index (χ2n) is 5.42. The van der Waals surface area contributed by atoms with Crippen LogP contribution in [0.15, 0.2) is 22.7 Å². The van der Waals surface area contributed by atoms with Crippen molar-refractivity contribution in [1.29, 1.82) is 0 Å². The summed E-state index contributed by atoms with van der Waals surface area (Å²) in [6.45, 7) is 4.66. The van der Waals surface area contributed by atoms with Gasteiger partial charge in [-0.3, -0.25) is 14.9 Å². The minimum Gasteiger partial charge on any atom is -0.336 e. The number of hydrogen-bond acceptors (Lipinski definition) is 3. The number of halogens is 1. The lowest BCUT2D eigenvalue weighted by Gasteiger charge is -2.27. The Kier molecular flexibility index (Phi) is 4.42. The van der Waals surface area contributed by atoms with Crippen LogP contribution in [0.25, 0.3) is 0 Å². The largest absolute Gasteiger partial charge is 0.336 e. The van der Waals surface area contributed by atoms with E-state index in [4.69, 9.17) is 0 Å². The normalized spacial score (nSPS) is 14.4. The van der Waals surface area contributed by atoms with Gasteiger partial charge in [-0.05, 0) is 54.6 Å². The first-order valence-electron chi connectivity index (χ1n) is 6.65. The number of amides is 1. The van der Waals surface area contributed by atoms with Gasteiger partial charge in [0.05, 0.1) is 10.5 Å². The molecule has 1 amide bonds. The van der Waals surface area contributed by atoms with E-state index in [-0.39, 0.29) is 17.6 Å². The molecule has 5 nitrogen and oxygen atoms in total. The first-order chi connectivity index (χ1) is 9.40. The Morgan fingerprint density at radius 1 is 1.50 bits per heavy atom. The molecule has 0 unspecified atom stereocenters. The first kappa shape index (κ1) is 15.0. The number of non-ortho nitro benzene ring substituents is 1. The highest BCUT2D eigenvalue weighted by molar-refractivity contribution is 9.10. The summed E-state index contributed by atoms with van der Waals surface area (Å²) in [4.78, 5) is 24.8. The fraction of sp³-hybridized carbons (Fsp3) is 0.500. The summed E-state index contributed by atoms with van der Waals surface area (Å²) < 4.78 is 0.592. The van der Waals surface area contributed by atoms with Gasteiger partial charge < -0.3 is 4.90 Å². The van der Waals surface area contributed by atoms with Crippen molar-refractivity contribution in [3.05, 3.63) is 38.3 Å². The zero-order valence-electron chi connectivity index (χ0n) is 11.5. The van der Waals surface area contributed by atoms with E-state index in [0.29, 0.717) is 16.0 Å². The molecular weight excluding hydrogens is 324 g/mol. The maximum Gasteiger partial charge on any atom is 0.270 e. The summed E-state index contributed by atoms with van der Waals surface area (Å²) >= 11 is 3.31. The van der Waals surface area contributed by atoms with Gasteiger partial charge in [0.2, 0.25) is 0 Å². The Bertz CT molecular complexity index is 541. The molecule has 0 aliphatic heterocycles. The van der Waals surface area contributed by atoms with Crippen molar-refractivity contribution in [2.24, 2.45) is 5.92 Å². The number of nitro benzene ring substituents is 1. The number of carbonyl (C=O) groups excluding carboxylic acids is 1. The number of rotatable bonds is 5. The van der Waals surface area contributed by atoms with Gasteiger partial charge in [0.15, 0.2) is 0 Å². The molecule has 6 heteroatoms. The highest BCUT2D eigenvalue weighted by Crippen LogP contribution is 2.32. The molecule has 0 saturated heterocycles. The Morgan fingerprint density at radius 3 is 2.65 bits per heavy atom. The third-order valence-electron chi connectivity index (χ3n) is 3.43. The smallest absolute Gasteiger partial charge is 0.270 e. The monoisotopic (exact) mass is 340 g/mol. The van der Waals surface area contributed by atoms with E-state index in [0.717, 1.165) is 19.4 Å². The number of hydrogen-bond donors (Lipinski definition) is 0. The average molecular weight is 341 g/mol. The average Bonchev–Trinajstić information content (AvgIpc) is 3.19. The van der Waals surface area contributed by atoms with Crippen LogP contribution in [0.2, 0.25) is 0 Å². The van der Waals surface area contributed by atoms with Crippen LogP contribution >= 0.6 is 15.9 Å². The maximum atomic E-state index is 12.6. The van der Waals surface area contributed by atoms with Gasteiger partial charge in [-0.25, -0.2) is 0 Å². The van der Waals surface area contributed by atoms with Crippen LogP contribution in [0.3, 0.4) is 0 Å². The molecule has 0 aromatic heterocycles. The minimum absolute atomic E-state index is 0.0633. The molecule has 0 spiro atoms. The van der Waals surface area contributed by atoms with Crippen molar-refractivity contribution in [3.8, 4) is 0 Å². The number of carbonyl (C=O) groups is 1. The lowest BCUT2D eigenvalue weighted by Crippen LogP contribution is -2.38. The maximum absolute atomic E-state index is 12.6. The minimum atomic E-state index is -0.482. The van der Waals surface area contributed by atoms with Crippen LogP contribution in [-0.2, 0) is 0 Å². The number of benzene rings is 1. The van der Waals surface area contributed by atoms with E-state index in [9.17, 15) is 14.9 Å². The van der Waals surface area contributed by atoms with Gasteiger partial charge in [-0.15, -0.1) is 0 Å². The van der Waals surface area contributed by atoms with Gasteiger partial charge in [0, 0.05) is 29.2 Å². The van der Waals surface area contributed by atoms with Crippen molar-refractivity contribution in [3.63, 3.8) is 0 Å². The summed E-state index contributed by atoms with van der Waals surface area (Å²) in [6.07, 6.45) is 2.32. The molecule has 1 saturated carbocycles. The number of nitrogens with zero attached hydrogens (tertiary/aromatic N) is 2. The van der Waals surface area contributed by atoms with Gasteiger partial charge in [-0.1, -0.05) is 0 Å². The predicted octanol–water partition coefficient (Wildman–Crippen LogP) is 3.62.